The Morgan fingerprint density at radius 3 is 2.43 bits per heavy atom. The van der Waals surface area contributed by atoms with Gasteiger partial charge in [0.15, 0.2) is 0 Å². The van der Waals surface area contributed by atoms with E-state index in [2.05, 4.69) is 53.1 Å². The SMILES string of the molecule is Cc1ccnc(NC23CC4CC(C)(CC(C)(C4)C2)C3)c1Br. The molecule has 0 aliphatic heterocycles. The summed E-state index contributed by atoms with van der Waals surface area (Å²) in [6.45, 7) is 7.18. The molecule has 4 saturated carbocycles. The highest BCUT2D eigenvalue weighted by molar-refractivity contribution is 9.10. The van der Waals surface area contributed by atoms with Crippen molar-refractivity contribution in [1.29, 1.82) is 0 Å². The zero-order valence-corrected chi connectivity index (χ0v) is 14.9. The number of anilines is 1. The van der Waals surface area contributed by atoms with Crippen LogP contribution in [0, 0.1) is 23.7 Å². The van der Waals surface area contributed by atoms with Crippen LogP contribution in [0.2, 0.25) is 0 Å². The Bertz CT molecular complexity index is 579. The summed E-state index contributed by atoms with van der Waals surface area (Å²) in [6.07, 6.45) is 10.2. The quantitative estimate of drug-likeness (QED) is 0.782. The molecule has 1 heterocycles. The summed E-state index contributed by atoms with van der Waals surface area (Å²) in [6, 6.07) is 2.07. The molecule has 2 unspecified atom stereocenters. The van der Waals surface area contributed by atoms with Crippen LogP contribution in [0.5, 0.6) is 0 Å². The molecule has 1 aromatic rings. The van der Waals surface area contributed by atoms with Gasteiger partial charge in [-0.25, -0.2) is 4.98 Å². The van der Waals surface area contributed by atoms with Crippen molar-refractivity contribution in [3.63, 3.8) is 0 Å². The standard InChI is InChI=1S/C18H25BrN2/c1-12-4-5-20-15(14(12)19)21-18-8-13-6-16(2,10-18)9-17(3,7-13)11-18/h4-5,13H,6-11H2,1-3H3,(H,20,21). The lowest BCUT2D eigenvalue weighted by atomic mass is 9.43. The average molecular weight is 349 g/mol. The molecule has 0 radical (unpaired) electrons. The molecule has 5 rings (SSSR count). The number of nitrogens with one attached hydrogen (secondary N) is 1. The molecular weight excluding hydrogens is 324 g/mol. The van der Waals surface area contributed by atoms with E-state index in [-0.39, 0.29) is 5.54 Å². The maximum absolute atomic E-state index is 4.60. The van der Waals surface area contributed by atoms with Gasteiger partial charge >= 0.3 is 0 Å². The summed E-state index contributed by atoms with van der Waals surface area (Å²) in [5.74, 6) is 1.96. The van der Waals surface area contributed by atoms with Gasteiger partial charge in [0, 0.05) is 11.7 Å². The smallest absolute Gasteiger partial charge is 0.140 e. The summed E-state index contributed by atoms with van der Waals surface area (Å²) >= 11 is 3.72. The molecule has 4 aliphatic carbocycles. The van der Waals surface area contributed by atoms with E-state index in [0.717, 1.165) is 16.2 Å². The minimum absolute atomic E-state index is 0.270. The molecule has 4 bridgehead atoms. The van der Waals surface area contributed by atoms with Crippen LogP contribution < -0.4 is 5.32 Å². The van der Waals surface area contributed by atoms with Gasteiger partial charge in [-0.15, -0.1) is 0 Å². The molecule has 4 aliphatic rings. The Balaban J connectivity index is 1.70. The molecule has 0 amide bonds. The fraction of sp³-hybridized carbons (Fsp3) is 0.722. The molecule has 2 nitrogen and oxygen atoms in total. The minimum atomic E-state index is 0.270. The third-order valence-electron chi connectivity index (χ3n) is 6.09. The van der Waals surface area contributed by atoms with Crippen molar-refractivity contribution in [2.24, 2.45) is 16.7 Å². The first-order chi connectivity index (χ1) is 9.81. The summed E-state index contributed by atoms with van der Waals surface area (Å²) < 4.78 is 1.14. The van der Waals surface area contributed by atoms with Crippen molar-refractivity contribution in [3.8, 4) is 0 Å². The third-order valence-corrected chi connectivity index (χ3v) is 7.09. The monoisotopic (exact) mass is 348 g/mol. The minimum Gasteiger partial charge on any atom is -0.364 e. The van der Waals surface area contributed by atoms with Crippen LogP contribution in [0.15, 0.2) is 16.7 Å². The molecule has 114 valence electrons. The molecule has 3 heteroatoms. The Morgan fingerprint density at radius 2 is 1.81 bits per heavy atom. The van der Waals surface area contributed by atoms with E-state index in [4.69, 9.17) is 0 Å². The fourth-order valence-corrected chi connectivity index (χ4v) is 6.80. The van der Waals surface area contributed by atoms with Crippen LogP contribution in [0.3, 0.4) is 0 Å². The number of hydrogen-bond donors (Lipinski definition) is 1. The number of rotatable bonds is 2. The van der Waals surface area contributed by atoms with Gasteiger partial charge in [-0.1, -0.05) is 13.8 Å². The molecule has 1 aromatic heterocycles. The molecule has 2 atom stereocenters. The van der Waals surface area contributed by atoms with Crippen LogP contribution in [0.1, 0.15) is 57.9 Å². The highest BCUT2D eigenvalue weighted by atomic mass is 79.9. The number of pyridine rings is 1. The van der Waals surface area contributed by atoms with Crippen molar-refractivity contribution in [2.75, 3.05) is 5.32 Å². The highest BCUT2D eigenvalue weighted by Gasteiger charge is 2.60. The normalized spacial score (nSPS) is 44.1. The maximum Gasteiger partial charge on any atom is 0.140 e. The summed E-state index contributed by atoms with van der Waals surface area (Å²) in [5, 5.41) is 3.89. The second kappa shape index (κ2) is 4.24. The van der Waals surface area contributed by atoms with Gasteiger partial charge in [0.05, 0.1) is 4.47 Å². The Kier molecular flexibility index (Phi) is 2.84. The average Bonchev–Trinajstić information content (AvgIpc) is 2.30. The van der Waals surface area contributed by atoms with E-state index >= 15 is 0 Å². The third kappa shape index (κ3) is 2.23. The second-order valence-corrected chi connectivity index (χ2v) is 9.62. The molecule has 21 heavy (non-hydrogen) atoms. The molecule has 1 N–H and O–H groups in total. The maximum atomic E-state index is 4.60. The van der Waals surface area contributed by atoms with Crippen molar-refractivity contribution in [1.82, 2.24) is 4.98 Å². The Hall–Kier alpha value is -0.570. The van der Waals surface area contributed by atoms with Gasteiger partial charge in [-0.3, -0.25) is 0 Å². The first-order valence-corrected chi connectivity index (χ1v) is 8.99. The van der Waals surface area contributed by atoms with E-state index in [1.54, 1.807) is 0 Å². The van der Waals surface area contributed by atoms with Gasteiger partial charge in [0.2, 0.25) is 0 Å². The first-order valence-electron chi connectivity index (χ1n) is 8.20. The Morgan fingerprint density at radius 1 is 1.14 bits per heavy atom. The van der Waals surface area contributed by atoms with Crippen molar-refractivity contribution in [3.05, 3.63) is 22.3 Å². The number of halogens is 1. The van der Waals surface area contributed by atoms with Crippen molar-refractivity contribution < 1.29 is 0 Å². The number of aromatic nitrogens is 1. The molecule has 0 spiro atoms. The summed E-state index contributed by atoms with van der Waals surface area (Å²) in [4.78, 5) is 4.60. The van der Waals surface area contributed by atoms with Gasteiger partial charge in [-0.05, 0) is 89.8 Å². The van der Waals surface area contributed by atoms with Crippen LogP contribution in [0.25, 0.3) is 0 Å². The van der Waals surface area contributed by atoms with Gasteiger partial charge in [0.1, 0.15) is 5.82 Å². The molecule has 4 fully saturated rings. The zero-order chi connectivity index (χ0) is 14.9. The number of aryl methyl sites for hydroxylation is 1. The Labute approximate surface area is 136 Å². The van der Waals surface area contributed by atoms with E-state index < -0.39 is 0 Å². The fourth-order valence-electron chi connectivity index (χ4n) is 6.47. The zero-order valence-electron chi connectivity index (χ0n) is 13.3. The highest BCUT2D eigenvalue weighted by Crippen LogP contribution is 2.66. The predicted molar refractivity (Wildman–Crippen MR) is 90.4 cm³/mol. The van der Waals surface area contributed by atoms with Gasteiger partial charge in [0.25, 0.3) is 0 Å². The summed E-state index contributed by atoms with van der Waals surface area (Å²) in [5.41, 5.74) is 2.61. The predicted octanol–water partition coefficient (Wildman–Crippen LogP) is 5.31. The first kappa shape index (κ1) is 14.0. The second-order valence-electron chi connectivity index (χ2n) is 8.83. The molecule has 0 aromatic carbocycles. The topological polar surface area (TPSA) is 24.9 Å². The van der Waals surface area contributed by atoms with Gasteiger partial charge in [-0.2, -0.15) is 0 Å². The molecular formula is C18H25BrN2. The van der Waals surface area contributed by atoms with E-state index in [9.17, 15) is 0 Å². The van der Waals surface area contributed by atoms with E-state index in [1.165, 1.54) is 44.1 Å². The van der Waals surface area contributed by atoms with Crippen LogP contribution in [-0.2, 0) is 0 Å². The lowest BCUT2D eigenvalue weighted by Crippen LogP contribution is -2.61. The van der Waals surface area contributed by atoms with Crippen LogP contribution in [-0.4, -0.2) is 10.5 Å². The number of nitrogens with zero attached hydrogens (tertiary/aromatic N) is 1. The van der Waals surface area contributed by atoms with Crippen LogP contribution >= 0.6 is 15.9 Å². The lowest BCUT2D eigenvalue weighted by Gasteiger charge is -2.65. The van der Waals surface area contributed by atoms with Crippen molar-refractivity contribution in [2.45, 2.75) is 64.8 Å². The molecule has 0 saturated heterocycles. The lowest BCUT2D eigenvalue weighted by molar-refractivity contribution is -0.0974. The van der Waals surface area contributed by atoms with Gasteiger partial charge < -0.3 is 5.32 Å². The van der Waals surface area contributed by atoms with Crippen molar-refractivity contribution >= 4 is 21.7 Å². The summed E-state index contributed by atoms with van der Waals surface area (Å²) in [7, 11) is 0. The number of hydrogen-bond acceptors (Lipinski definition) is 2. The van der Waals surface area contributed by atoms with Crippen LogP contribution in [0.4, 0.5) is 5.82 Å². The van der Waals surface area contributed by atoms with E-state index in [0.29, 0.717) is 10.8 Å². The largest absolute Gasteiger partial charge is 0.364 e. The van der Waals surface area contributed by atoms with E-state index in [1.807, 2.05) is 6.20 Å².